The third-order valence-electron chi connectivity index (χ3n) is 3.93. The van der Waals surface area contributed by atoms with E-state index in [1.807, 2.05) is 6.92 Å². The molecule has 124 valence electrons. The highest BCUT2D eigenvalue weighted by Gasteiger charge is 2.35. The molecule has 3 rings (SSSR count). The maximum Gasteiger partial charge on any atom is 0.261 e. The van der Waals surface area contributed by atoms with Crippen molar-refractivity contribution in [1.82, 2.24) is 14.7 Å². The van der Waals surface area contributed by atoms with Crippen molar-refractivity contribution in [2.45, 2.75) is 19.8 Å². The Morgan fingerprint density at radius 3 is 2.62 bits per heavy atom. The van der Waals surface area contributed by atoms with E-state index in [1.165, 1.54) is 17.2 Å². The van der Waals surface area contributed by atoms with E-state index in [9.17, 15) is 14.4 Å². The molecule has 2 heterocycles. The lowest BCUT2D eigenvalue weighted by Crippen LogP contribution is -2.30. The Kier molecular flexibility index (Phi) is 4.16. The number of amides is 3. The number of unbranched alkanes of at least 4 members (excludes halogenated alkanes) is 1. The quantitative estimate of drug-likeness (QED) is 0.853. The molecule has 1 N–H and O–H groups in total. The van der Waals surface area contributed by atoms with Crippen molar-refractivity contribution in [2.24, 2.45) is 7.05 Å². The van der Waals surface area contributed by atoms with Crippen LogP contribution >= 0.6 is 0 Å². The Balaban J connectivity index is 1.82. The van der Waals surface area contributed by atoms with E-state index >= 15 is 0 Å². The van der Waals surface area contributed by atoms with Crippen LogP contribution in [-0.4, -0.2) is 38.9 Å². The average molecular weight is 326 g/mol. The van der Waals surface area contributed by atoms with Crippen LogP contribution < -0.4 is 5.32 Å². The minimum atomic E-state index is -0.349. The molecule has 0 saturated carbocycles. The molecule has 0 bridgehead atoms. The molecule has 24 heavy (non-hydrogen) atoms. The van der Waals surface area contributed by atoms with Crippen molar-refractivity contribution < 1.29 is 14.4 Å². The molecular weight excluding hydrogens is 308 g/mol. The molecule has 0 aliphatic carbocycles. The van der Waals surface area contributed by atoms with Gasteiger partial charge >= 0.3 is 0 Å². The fraction of sp³-hybridized carbons (Fsp3) is 0.294. The molecular formula is C17H18N4O3. The van der Waals surface area contributed by atoms with Gasteiger partial charge in [0.1, 0.15) is 0 Å². The molecule has 1 aliphatic rings. The van der Waals surface area contributed by atoms with E-state index in [4.69, 9.17) is 0 Å². The largest absolute Gasteiger partial charge is 0.319 e. The van der Waals surface area contributed by atoms with Crippen LogP contribution in [0.15, 0.2) is 30.6 Å². The maximum absolute atomic E-state index is 12.4. The molecule has 0 unspecified atom stereocenters. The van der Waals surface area contributed by atoms with Crippen LogP contribution in [0.3, 0.4) is 0 Å². The van der Waals surface area contributed by atoms with Gasteiger partial charge in [0.15, 0.2) is 0 Å². The smallest absolute Gasteiger partial charge is 0.261 e. The lowest BCUT2D eigenvalue weighted by Gasteiger charge is -2.12. The summed E-state index contributed by atoms with van der Waals surface area (Å²) < 4.78 is 1.58. The third-order valence-corrected chi connectivity index (χ3v) is 3.93. The second kappa shape index (κ2) is 6.27. The zero-order valence-corrected chi connectivity index (χ0v) is 13.6. The molecule has 7 nitrogen and oxygen atoms in total. The van der Waals surface area contributed by atoms with Gasteiger partial charge < -0.3 is 5.32 Å². The minimum Gasteiger partial charge on any atom is -0.319 e. The van der Waals surface area contributed by atoms with Crippen molar-refractivity contribution in [1.29, 1.82) is 0 Å². The van der Waals surface area contributed by atoms with E-state index in [-0.39, 0.29) is 23.3 Å². The van der Waals surface area contributed by atoms with Gasteiger partial charge in [-0.05, 0) is 24.6 Å². The number of benzene rings is 1. The summed E-state index contributed by atoms with van der Waals surface area (Å²) >= 11 is 0. The van der Waals surface area contributed by atoms with Crippen LogP contribution in [0, 0.1) is 0 Å². The van der Waals surface area contributed by atoms with Gasteiger partial charge in [-0.15, -0.1) is 0 Å². The summed E-state index contributed by atoms with van der Waals surface area (Å²) in [5.74, 6) is -0.972. The topological polar surface area (TPSA) is 84.3 Å². The minimum absolute atomic E-state index is 0.287. The third kappa shape index (κ3) is 2.80. The first-order valence-corrected chi connectivity index (χ1v) is 7.81. The molecule has 7 heteroatoms. The van der Waals surface area contributed by atoms with Crippen molar-refractivity contribution in [2.75, 3.05) is 11.9 Å². The Bertz CT molecular complexity index is 825. The van der Waals surface area contributed by atoms with Crippen molar-refractivity contribution >= 4 is 23.4 Å². The fourth-order valence-electron chi connectivity index (χ4n) is 2.64. The standard InChI is InChI=1S/C17H18N4O3/c1-3-4-7-21-16(23)13-6-5-11(8-14(13)17(21)24)15(22)19-12-9-18-20(2)10-12/h5-6,8-10H,3-4,7H2,1-2H3,(H,19,22). The molecule has 1 aromatic heterocycles. The van der Waals surface area contributed by atoms with Crippen LogP contribution in [0.4, 0.5) is 5.69 Å². The Morgan fingerprint density at radius 1 is 1.21 bits per heavy atom. The van der Waals surface area contributed by atoms with Crippen molar-refractivity contribution in [3.05, 3.63) is 47.3 Å². The first-order chi connectivity index (χ1) is 11.5. The summed E-state index contributed by atoms with van der Waals surface area (Å²) in [5, 5.41) is 6.69. The summed E-state index contributed by atoms with van der Waals surface area (Å²) in [6, 6.07) is 4.58. The molecule has 2 aromatic rings. The highest BCUT2D eigenvalue weighted by atomic mass is 16.2. The summed E-state index contributed by atoms with van der Waals surface area (Å²) in [4.78, 5) is 38.2. The van der Waals surface area contributed by atoms with E-state index < -0.39 is 0 Å². The van der Waals surface area contributed by atoms with Crippen molar-refractivity contribution in [3.8, 4) is 0 Å². The second-order valence-electron chi connectivity index (χ2n) is 5.73. The van der Waals surface area contributed by atoms with Crippen LogP contribution in [0.5, 0.6) is 0 Å². The Morgan fingerprint density at radius 2 is 1.96 bits per heavy atom. The van der Waals surface area contributed by atoms with Gasteiger partial charge in [-0.25, -0.2) is 0 Å². The van der Waals surface area contributed by atoms with E-state index in [0.717, 1.165) is 12.8 Å². The van der Waals surface area contributed by atoms with E-state index in [2.05, 4.69) is 10.4 Å². The number of nitrogens with one attached hydrogen (secondary N) is 1. The predicted molar refractivity (Wildman–Crippen MR) is 87.9 cm³/mol. The highest BCUT2D eigenvalue weighted by Crippen LogP contribution is 2.24. The summed E-state index contributed by atoms with van der Waals surface area (Å²) in [6.45, 7) is 2.40. The SMILES string of the molecule is CCCCN1C(=O)c2ccc(C(=O)Nc3cnn(C)c3)cc2C1=O. The Hall–Kier alpha value is -2.96. The predicted octanol–water partition coefficient (Wildman–Crippen LogP) is 2.07. The lowest BCUT2D eigenvalue weighted by molar-refractivity contribution is 0.0652. The van der Waals surface area contributed by atoms with Crippen LogP contribution in [0.2, 0.25) is 0 Å². The van der Waals surface area contributed by atoms with Gasteiger partial charge in [-0.1, -0.05) is 13.3 Å². The van der Waals surface area contributed by atoms with Gasteiger partial charge in [0.2, 0.25) is 0 Å². The number of carbonyl (C=O) groups excluding carboxylic acids is 3. The number of hydrogen-bond acceptors (Lipinski definition) is 4. The van der Waals surface area contributed by atoms with Gasteiger partial charge in [-0.2, -0.15) is 5.10 Å². The maximum atomic E-state index is 12.4. The number of imide groups is 1. The number of fused-ring (bicyclic) bond motifs is 1. The fourth-order valence-corrected chi connectivity index (χ4v) is 2.64. The summed E-state index contributed by atoms with van der Waals surface area (Å²) in [6.07, 6.45) is 4.87. The molecule has 1 aromatic carbocycles. The molecule has 3 amide bonds. The highest BCUT2D eigenvalue weighted by molar-refractivity contribution is 6.22. The van der Waals surface area contributed by atoms with Crippen LogP contribution in [0.1, 0.15) is 50.8 Å². The molecule has 0 fully saturated rings. The first-order valence-electron chi connectivity index (χ1n) is 7.81. The zero-order chi connectivity index (χ0) is 17.3. The van der Waals surface area contributed by atoms with E-state index in [1.54, 1.807) is 30.1 Å². The number of aromatic nitrogens is 2. The number of nitrogens with zero attached hydrogens (tertiary/aromatic N) is 3. The second-order valence-corrected chi connectivity index (χ2v) is 5.73. The lowest BCUT2D eigenvalue weighted by atomic mass is 10.1. The Labute approximate surface area is 139 Å². The number of carbonyl (C=O) groups is 3. The normalized spacial score (nSPS) is 13.3. The molecule has 0 radical (unpaired) electrons. The first kappa shape index (κ1) is 15.9. The summed E-state index contributed by atoms with van der Waals surface area (Å²) in [7, 11) is 1.75. The van der Waals surface area contributed by atoms with Crippen molar-refractivity contribution in [3.63, 3.8) is 0 Å². The van der Waals surface area contributed by atoms with Gasteiger partial charge in [0, 0.05) is 25.4 Å². The van der Waals surface area contributed by atoms with Gasteiger partial charge in [0.25, 0.3) is 17.7 Å². The van der Waals surface area contributed by atoms with Crippen LogP contribution in [0.25, 0.3) is 0 Å². The molecule has 1 aliphatic heterocycles. The van der Waals surface area contributed by atoms with Gasteiger partial charge in [-0.3, -0.25) is 24.0 Å². The molecule has 0 spiro atoms. The van der Waals surface area contributed by atoms with Gasteiger partial charge in [0.05, 0.1) is 23.0 Å². The van der Waals surface area contributed by atoms with E-state index in [0.29, 0.717) is 23.4 Å². The molecule has 0 atom stereocenters. The number of aryl methyl sites for hydroxylation is 1. The van der Waals surface area contributed by atoms with Crippen LogP contribution in [-0.2, 0) is 7.05 Å². The number of anilines is 1. The number of hydrogen-bond donors (Lipinski definition) is 1. The number of rotatable bonds is 5. The zero-order valence-electron chi connectivity index (χ0n) is 13.6. The summed E-state index contributed by atoms with van der Waals surface area (Å²) in [5.41, 5.74) is 1.54. The average Bonchev–Trinajstić information content (AvgIpc) is 3.08. The molecule has 0 saturated heterocycles. The monoisotopic (exact) mass is 326 g/mol.